The number of nitrogens with one attached hydrogen (secondary N) is 1. The number of carbonyl (C=O) groups excluding carboxylic acids is 1. The molecule has 112 valence electrons. The van der Waals surface area contributed by atoms with E-state index < -0.39 is 6.04 Å². The number of rotatable bonds is 3. The highest BCUT2D eigenvalue weighted by Crippen LogP contribution is 2.24. The fraction of sp³-hybridized carbons (Fsp3) is 0.500. The molecule has 0 bridgehead atoms. The Kier molecular flexibility index (Phi) is 6.76. The van der Waals surface area contributed by atoms with Crippen LogP contribution < -0.4 is 11.1 Å². The standard InChI is InChI=1S/C14H19ClN2O2.ClH/c1-9-2-3-11(15)12(8-9)17-14(18)13(16)10-4-6-19-7-5-10;/h2-3,8,10,13H,4-7,16H2,1H3,(H,17,18);1H. The van der Waals surface area contributed by atoms with E-state index in [0.29, 0.717) is 23.9 Å². The summed E-state index contributed by atoms with van der Waals surface area (Å²) in [6.45, 7) is 3.30. The predicted molar refractivity (Wildman–Crippen MR) is 83.6 cm³/mol. The molecule has 1 unspecified atom stereocenters. The van der Waals surface area contributed by atoms with E-state index in [0.717, 1.165) is 18.4 Å². The number of hydrogen-bond acceptors (Lipinski definition) is 3. The van der Waals surface area contributed by atoms with Crippen LogP contribution in [0.25, 0.3) is 0 Å². The number of halogens is 2. The molecule has 1 aliphatic rings. The van der Waals surface area contributed by atoms with E-state index >= 15 is 0 Å². The van der Waals surface area contributed by atoms with Crippen molar-refractivity contribution in [2.75, 3.05) is 18.5 Å². The number of carbonyl (C=O) groups is 1. The van der Waals surface area contributed by atoms with Crippen molar-refractivity contribution in [3.63, 3.8) is 0 Å². The molecule has 1 fully saturated rings. The number of amides is 1. The van der Waals surface area contributed by atoms with Crippen LogP contribution >= 0.6 is 24.0 Å². The second kappa shape index (κ2) is 7.84. The molecule has 1 heterocycles. The van der Waals surface area contributed by atoms with Crippen LogP contribution in [0.1, 0.15) is 18.4 Å². The Morgan fingerprint density at radius 2 is 2.10 bits per heavy atom. The molecule has 1 saturated heterocycles. The minimum Gasteiger partial charge on any atom is -0.381 e. The highest BCUT2D eigenvalue weighted by molar-refractivity contribution is 6.33. The van der Waals surface area contributed by atoms with Gasteiger partial charge in [-0.05, 0) is 43.4 Å². The SMILES string of the molecule is Cc1ccc(Cl)c(NC(=O)C(N)C2CCOCC2)c1.Cl. The molecule has 1 aliphatic heterocycles. The molecule has 1 aromatic rings. The lowest BCUT2D eigenvalue weighted by molar-refractivity contribution is -0.119. The normalized spacial score (nSPS) is 17.1. The summed E-state index contributed by atoms with van der Waals surface area (Å²) in [6.07, 6.45) is 1.66. The number of aryl methyl sites for hydroxylation is 1. The maximum absolute atomic E-state index is 12.1. The predicted octanol–water partition coefficient (Wildman–Crippen LogP) is 2.76. The van der Waals surface area contributed by atoms with Gasteiger partial charge < -0.3 is 15.8 Å². The first-order chi connectivity index (χ1) is 9.08. The van der Waals surface area contributed by atoms with Crippen molar-refractivity contribution in [3.8, 4) is 0 Å². The zero-order valence-electron chi connectivity index (χ0n) is 11.4. The van der Waals surface area contributed by atoms with Gasteiger partial charge in [-0.2, -0.15) is 0 Å². The lowest BCUT2D eigenvalue weighted by atomic mass is 9.92. The summed E-state index contributed by atoms with van der Waals surface area (Å²) in [6, 6.07) is 5.00. The topological polar surface area (TPSA) is 64.4 Å². The Morgan fingerprint density at radius 1 is 1.45 bits per heavy atom. The highest BCUT2D eigenvalue weighted by Gasteiger charge is 2.26. The van der Waals surface area contributed by atoms with Gasteiger partial charge in [-0.15, -0.1) is 12.4 Å². The van der Waals surface area contributed by atoms with Crippen molar-refractivity contribution >= 4 is 35.6 Å². The fourth-order valence-electron chi connectivity index (χ4n) is 2.24. The van der Waals surface area contributed by atoms with Gasteiger partial charge in [0.1, 0.15) is 0 Å². The molecule has 0 saturated carbocycles. The monoisotopic (exact) mass is 318 g/mol. The molecular weight excluding hydrogens is 299 g/mol. The summed E-state index contributed by atoms with van der Waals surface area (Å²) in [7, 11) is 0. The highest BCUT2D eigenvalue weighted by atomic mass is 35.5. The van der Waals surface area contributed by atoms with Crippen molar-refractivity contribution in [3.05, 3.63) is 28.8 Å². The van der Waals surface area contributed by atoms with Gasteiger partial charge in [-0.3, -0.25) is 4.79 Å². The Labute approximate surface area is 130 Å². The lowest BCUT2D eigenvalue weighted by Gasteiger charge is -2.26. The van der Waals surface area contributed by atoms with E-state index in [1.807, 2.05) is 19.1 Å². The van der Waals surface area contributed by atoms with Gasteiger partial charge in [-0.25, -0.2) is 0 Å². The lowest BCUT2D eigenvalue weighted by Crippen LogP contribution is -2.44. The zero-order chi connectivity index (χ0) is 13.8. The van der Waals surface area contributed by atoms with Crippen LogP contribution in [0.15, 0.2) is 18.2 Å². The molecule has 20 heavy (non-hydrogen) atoms. The van der Waals surface area contributed by atoms with Gasteiger partial charge in [0.05, 0.1) is 16.8 Å². The summed E-state index contributed by atoms with van der Waals surface area (Å²) in [5, 5.41) is 3.34. The minimum absolute atomic E-state index is 0. The van der Waals surface area contributed by atoms with E-state index in [-0.39, 0.29) is 24.2 Å². The number of benzene rings is 1. The largest absolute Gasteiger partial charge is 0.381 e. The molecule has 1 amide bonds. The van der Waals surface area contributed by atoms with Crippen molar-refractivity contribution < 1.29 is 9.53 Å². The van der Waals surface area contributed by atoms with Gasteiger partial charge in [0.2, 0.25) is 5.91 Å². The number of ether oxygens (including phenoxy) is 1. The van der Waals surface area contributed by atoms with E-state index in [1.165, 1.54) is 0 Å². The molecular formula is C14H20Cl2N2O2. The van der Waals surface area contributed by atoms with E-state index in [9.17, 15) is 4.79 Å². The van der Waals surface area contributed by atoms with Crippen LogP contribution in [0.3, 0.4) is 0 Å². The molecule has 6 heteroatoms. The van der Waals surface area contributed by atoms with Crippen LogP contribution in [0.4, 0.5) is 5.69 Å². The molecule has 2 rings (SSSR count). The Morgan fingerprint density at radius 3 is 2.75 bits per heavy atom. The van der Waals surface area contributed by atoms with E-state index in [2.05, 4.69) is 5.32 Å². The fourth-order valence-corrected chi connectivity index (χ4v) is 2.40. The third-order valence-corrected chi connectivity index (χ3v) is 3.79. The van der Waals surface area contributed by atoms with Gasteiger partial charge in [-0.1, -0.05) is 17.7 Å². The molecule has 4 nitrogen and oxygen atoms in total. The maximum atomic E-state index is 12.1. The first kappa shape index (κ1) is 17.2. The van der Waals surface area contributed by atoms with Gasteiger partial charge >= 0.3 is 0 Å². The molecule has 3 N–H and O–H groups in total. The summed E-state index contributed by atoms with van der Waals surface area (Å²) in [5.74, 6) is -0.00302. The van der Waals surface area contributed by atoms with Crippen molar-refractivity contribution in [2.45, 2.75) is 25.8 Å². The summed E-state index contributed by atoms with van der Waals surface area (Å²) < 4.78 is 5.27. The van der Waals surface area contributed by atoms with Crippen molar-refractivity contribution in [2.24, 2.45) is 11.7 Å². The average Bonchev–Trinajstić information content (AvgIpc) is 2.43. The van der Waals surface area contributed by atoms with Crippen molar-refractivity contribution in [1.29, 1.82) is 0 Å². The van der Waals surface area contributed by atoms with Crippen LogP contribution in [-0.4, -0.2) is 25.2 Å². The molecule has 0 radical (unpaired) electrons. The second-order valence-corrected chi connectivity index (χ2v) is 5.36. The summed E-state index contributed by atoms with van der Waals surface area (Å²) in [4.78, 5) is 12.1. The molecule has 1 atom stereocenters. The van der Waals surface area contributed by atoms with Gasteiger partial charge in [0.15, 0.2) is 0 Å². The summed E-state index contributed by atoms with van der Waals surface area (Å²) >= 11 is 6.06. The van der Waals surface area contributed by atoms with E-state index in [4.69, 9.17) is 22.1 Å². The molecule has 0 aliphatic carbocycles. The average molecular weight is 319 g/mol. The Hall–Kier alpha value is -0.810. The van der Waals surface area contributed by atoms with Gasteiger partial charge in [0, 0.05) is 13.2 Å². The van der Waals surface area contributed by atoms with Gasteiger partial charge in [0.25, 0.3) is 0 Å². The minimum atomic E-state index is -0.513. The zero-order valence-corrected chi connectivity index (χ0v) is 13.0. The molecule has 1 aromatic carbocycles. The van der Waals surface area contributed by atoms with Crippen LogP contribution in [-0.2, 0) is 9.53 Å². The second-order valence-electron chi connectivity index (χ2n) is 4.95. The van der Waals surface area contributed by atoms with Crippen LogP contribution in [0.5, 0.6) is 0 Å². The first-order valence-corrected chi connectivity index (χ1v) is 6.86. The Balaban J connectivity index is 0.00000200. The number of anilines is 1. The van der Waals surface area contributed by atoms with E-state index in [1.54, 1.807) is 6.07 Å². The smallest absolute Gasteiger partial charge is 0.241 e. The third-order valence-electron chi connectivity index (χ3n) is 3.46. The van der Waals surface area contributed by atoms with Crippen LogP contribution in [0, 0.1) is 12.8 Å². The quantitative estimate of drug-likeness (QED) is 0.900. The molecule has 0 spiro atoms. The first-order valence-electron chi connectivity index (χ1n) is 6.48. The maximum Gasteiger partial charge on any atom is 0.241 e. The third kappa shape index (κ3) is 4.35. The van der Waals surface area contributed by atoms with Crippen LogP contribution in [0.2, 0.25) is 5.02 Å². The molecule has 0 aromatic heterocycles. The summed E-state index contributed by atoms with van der Waals surface area (Å²) in [5.41, 5.74) is 7.68. The van der Waals surface area contributed by atoms with Crippen molar-refractivity contribution in [1.82, 2.24) is 0 Å². The number of hydrogen-bond donors (Lipinski definition) is 2. The Bertz CT molecular complexity index is 462. The number of nitrogens with two attached hydrogens (primary N) is 1.